The maximum Gasteiger partial charge on any atom is 0.268 e. The zero-order valence-electron chi connectivity index (χ0n) is 27.7. The molecule has 0 saturated carbocycles. The maximum absolute atomic E-state index is 12.6. The van der Waals surface area contributed by atoms with Gasteiger partial charge < -0.3 is 28.8 Å². The van der Waals surface area contributed by atoms with E-state index in [-0.39, 0.29) is 12.5 Å². The average Bonchev–Trinajstić information content (AvgIpc) is 2.92. The first-order valence-corrected chi connectivity index (χ1v) is 18.2. The highest BCUT2D eigenvalue weighted by molar-refractivity contribution is 7.45. The number of nitrogens with zero attached hydrogens (tertiary/aromatic N) is 1. The molecule has 0 saturated heterocycles. The molecule has 0 heterocycles. The summed E-state index contributed by atoms with van der Waals surface area (Å²) in [6.07, 6.45) is 26.6. The number of amides is 1. The summed E-state index contributed by atoms with van der Waals surface area (Å²) < 4.78 is 22.9. The van der Waals surface area contributed by atoms with Gasteiger partial charge in [-0.3, -0.25) is 9.36 Å². The van der Waals surface area contributed by atoms with Gasteiger partial charge in [0, 0.05) is 6.42 Å². The SMILES string of the molecule is CCCCCCCCC/C=C/CC/C=C/C(O)C(COP(=O)([O-])OCC[N+](C)(C)C)NC(=O)CCCCCCCCC. The lowest BCUT2D eigenvalue weighted by Crippen LogP contribution is -2.45. The van der Waals surface area contributed by atoms with E-state index in [4.69, 9.17) is 9.05 Å². The van der Waals surface area contributed by atoms with E-state index in [1.807, 2.05) is 27.2 Å². The van der Waals surface area contributed by atoms with Crippen LogP contribution in [-0.4, -0.2) is 68.5 Å². The van der Waals surface area contributed by atoms with Crippen molar-refractivity contribution < 1.29 is 32.9 Å². The summed E-state index contributed by atoms with van der Waals surface area (Å²) in [7, 11) is 1.24. The monoisotopic (exact) mass is 616 g/mol. The Morgan fingerprint density at radius 3 is 1.93 bits per heavy atom. The lowest BCUT2D eigenvalue weighted by Gasteiger charge is -2.29. The standard InChI is InChI=1S/C33H65N2O6P/c1-6-8-10-12-14-15-16-17-18-19-21-22-24-26-32(36)31(30-41-42(38,39)40-29-28-35(3,4)5)34-33(37)27-25-23-20-13-11-9-7-2/h18-19,24,26,31-32,36H,6-17,20-23,25,27-30H2,1-5H3,(H-,34,37,38,39)/b19-18+,26-24+. The van der Waals surface area contributed by atoms with Crippen molar-refractivity contribution in [3.8, 4) is 0 Å². The fraction of sp³-hybridized carbons (Fsp3) is 0.848. The number of unbranched alkanes of at least 4 members (excludes halogenated alkanes) is 14. The first-order valence-electron chi connectivity index (χ1n) is 16.7. The predicted molar refractivity (Wildman–Crippen MR) is 173 cm³/mol. The summed E-state index contributed by atoms with van der Waals surface area (Å²) in [6, 6.07) is -0.893. The minimum absolute atomic E-state index is 0.00546. The van der Waals surface area contributed by atoms with Crippen LogP contribution in [0.1, 0.15) is 129 Å². The zero-order chi connectivity index (χ0) is 31.5. The Morgan fingerprint density at radius 2 is 1.33 bits per heavy atom. The third kappa shape index (κ3) is 27.8. The number of phosphoric ester groups is 1. The Kier molecular flexibility index (Phi) is 25.7. The third-order valence-electron chi connectivity index (χ3n) is 7.16. The molecule has 0 spiro atoms. The topological polar surface area (TPSA) is 108 Å². The molecule has 0 aromatic heterocycles. The number of aliphatic hydroxyl groups excluding tert-OH is 1. The molecule has 1 amide bonds. The van der Waals surface area contributed by atoms with Crippen molar-refractivity contribution in [2.75, 3.05) is 40.9 Å². The van der Waals surface area contributed by atoms with Crippen LogP contribution in [0.25, 0.3) is 0 Å². The van der Waals surface area contributed by atoms with Crippen molar-refractivity contribution in [2.24, 2.45) is 0 Å². The molecule has 0 aliphatic carbocycles. The Bertz CT molecular complexity index is 753. The molecular weight excluding hydrogens is 551 g/mol. The quantitative estimate of drug-likeness (QED) is 0.0398. The van der Waals surface area contributed by atoms with Gasteiger partial charge in [-0.25, -0.2) is 0 Å². The summed E-state index contributed by atoms with van der Waals surface area (Å²) in [5, 5.41) is 13.6. The molecule has 2 N–H and O–H groups in total. The Labute approximate surface area is 258 Å². The van der Waals surface area contributed by atoms with Crippen LogP contribution in [0.5, 0.6) is 0 Å². The number of quaternary nitrogens is 1. The van der Waals surface area contributed by atoms with Gasteiger partial charge in [0.1, 0.15) is 13.2 Å². The van der Waals surface area contributed by atoms with Crippen LogP contribution in [0.4, 0.5) is 0 Å². The lowest BCUT2D eigenvalue weighted by atomic mass is 10.1. The van der Waals surface area contributed by atoms with Crippen LogP contribution < -0.4 is 10.2 Å². The number of nitrogens with one attached hydrogen (secondary N) is 1. The summed E-state index contributed by atoms with van der Waals surface area (Å²) in [4.78, 5) is 24.9. The average molecular weight is 617 g/mol. The Morgan fingerprint density at radius 1 is 0.810 bits per heavy atom. The van der Waals surface area contributed by atoms with Crippen molar-refractivity contribution in [3.63, 3.8) is 0 Å². The molecule has 0 bridgehead atoms. The van der Waals surface area contributed by atoms with Crippen LogP contribution in [0.2, 0.25) is 0 Å². The van der Waals surface area contributed by atoms with Gasteiger partial charge >= 0.3 is 0 Å². The van der Waals surface area contributed by atoms with E-state index in [1.54, 1.807) is 6.08 Å². The van der Waals surface area contributed by atoms with Crippen LogP contribution in [0.15, 0.2) is 24.3 Å². The second-order valence-electron chi connectivity index (χ2n) is 12.5. The van der Waals surface area contributed by atoms with E-state index < -0.39 is 26.6 Å². The maximum atomic E-state index is 12.6. The van der Waals surface area contributed by atoms with Gasteiger partial charge in [-0.2, -0.15) is 0 Å². The second kappa shape index (κ2) is 26.4. The van der Waals surface area contributed by atoms with Crippen molar-refractivity contribution in [2.45, 2.75) is 142 Å². The van der Waals surface area contributed by atoms with E-state index in [2.05, 4.69) is 31.3 Å². The van der Waals surface area contributed by atoms with Gasteiger partial charge in [-0.1, -0.05) is 115 Å². The van der Waals surface area contributed by atoms with Gasteiger partial charge in [0.05, 0.1) is 39.9 Å². The Hall–Kier alpha value is -1.02. The van der Waals surface area contributed by atoms with Crippen LogP contribution in [0, 0.1) is 0 Å². The van der Waals surface area contributed by atoms with Crippen molar-refractivity contribution >= 4 is 13.7 Å². The highest BCUT2D eigenvalue weighted by Gasteiger charge is 2.23. The first kappa shape index (κ1) is 41.0. The Balaban J connectivity index is 4.67. The van der Waals surface area contributed by atoms with Gasteiger partial charge in [0.25, 0.3) is 7.82 Å². The highest BCUT2D eigenvalue weighted by atomic mass is 31.2. The number of phosphoric acid groups is 1. The van der Waals surface area contributed by atoms with E-state index in [0.717, 1.165) is 38.5 Å². The number of hydrogen-bond donors (Lipinski definition) is 2. The summed E-state index contributed by atoms with van der Waals surface area (Å²) in [5.41, 5.74) is 0. The van der Waals surface area contributed by atoms with Crippen LogP contribution in [0.3, 0.4) is 0 Å². The fourth-order valence-electron chi connectivity index (χ4n) is 4.40. The molecular formula is C33H65N2O6P. The van der Waals surface area contributed by atoms with E-state index in [1.165, 1.54) is 70.6 Å². The number of carbonyl (C=O) groups excluding carboxylic acids is 1. The predicted octanol–water partition coefficient (Wildman–Crippen LogP) is 7.21. The molecule has 248 valence electrons. The normalized spacial score (nSPS) is 15.3. The van der Waals surface area contributed by atoms with Gasteiger partial charge in [-0.15, -0.1) is 0 Å². The molecule has 3 atom stereocenters. The molecule has 0 radical (unpaired) electrons. The molecule has 0 aliphatic rings. The number of rotatable bonds is 29. The molecule has 0 fully saturated rings. The van der Waals surface area contributed by atoms with Crippen molar-refractivity contribution in [1.82, 2.24) is 5.32 Å². The molecule has 9 heteroatoms. The summed E-state index contributed by atoms with van der Waals surface area (Å²) in [6.45, 7) is 4.52. The molecule has 0 aromatic rings. The summed E-state index contributed by atoms with van der Waals surface area (Å²) >= 11 is 0. The highest BCUT2D eigenvalue weighted by Crippen LogP contribution is 2.38. The molecule has 8 nitrogen and oxygen atoms in total. The van der Waals surface area contributed by atoms with E-state index >= 15 is 0 Å². The fourth-order valence-corrected chi connectivity index (χ4v) is 5.12. The number of carbonyl (C=O) groups is 1. The van der Waals surface area contributed by atoms with E-state index in [9.17, 15) is 19.4 Å². The van der Waals surface area contributed by atoms with Gasteiger partial charge in [0.15, 0.2) is 0 Å². The molecule has 42 heavy (non-hydrogen) atoms. The molecule has 3 unspecified atom stereocenters. The minimum Gasteiger partial charge on any atom is -0.756 e. The second-order valence-corrected chi connectivity index (χ2v) is 13.9. The van der Waals surface area contributed by atoms with Gasteiger partial charge in [-0.05, 0) is 32.1 Å². The number of hydrogen-bond acceptors (Lipinski definition) is 6. The summed E-state index contributed by atoms with van der Waals surface area (Å²) in [5.74, 6) is -0.218. The lowest BCUT2D eigenvalue weighted by molar-refractivity contribution is -0.870. The third-order valence-corrected chi connectivity index (χ3v) is 8.13. The minimum atomic E-state index is -4.57. The van der Waals surface area contributed by atoms with Gasteiger partial charge in [0.2, 0.25) is 5.91 Å². The molecule has 0 aromatic carbocycles. The zero-order valence-corrected chi connectivity index (χ0v) is 28.6. The van der Waals surface area contributed by atoms with Crippen LogP contribution in [-0.2, 0) is 18.4 Å². The number of aliphatic hydroxyl groups is 1. The number of allylic oxidation sites excluding steroid dienone is 3. The van der Waals surface area contributed by atoms with Crippen molar-refractivity contribution in [3.05, 3.63) is 24.3 Å². The smallest absolute Gasteiger partial charge is 0.268 e. The first-order chi connectivity index (χ1) is 20.0. The molecule has 0 aliphatic heterocycles. The van der Waals surface area contributed by atoms with Crippen LogP contribution >= 0.6 is 7.82 Å². The molecule has 0 rings (SSSR count). The number of likely N-dealkylation sites (N-methyl/N-ethyl adjacent to an activating group) is 1. The van der Waals surface area contributed by atoms with E-state index in [0.29, 0.717) is 17.4 Å². The van der Waals surface area contributed by atoms with Crippen molar-refractivity contribution in [1.29, 1.82) is 0 Å². The largest absolute Gasteiger partial charge is 0.756 e.